The second-order valence-electron chi connectivity index (χ2n) is 3.70. The summed E-state index contributed by atoms with van der Waals surface area (Å²) in [5, 5.41) is 10.6. The molecule has 0 N–H and O–H groups in total. The van der Waals surface area contributed by atoms with Crippen molar-refractivity contribution in [3.05, 3.63) is 52.1 Å². The van der Waals surface area contributed by atoms with Gasteiger partial charge in [-0.2, -0.15) is 18.2 Å². The number of aromatic nitrogens is 2. The van der Waals surface area contributed by atoms with E-state index in [1.54, 1.807) is 0 Å². The Morgan fingerprint density at radius 1 is 1.24 bits per heavy atom. The fourth-order valence-corrected chi connectivity index (χ4v) is 1.33. The van der Waals surface area contributed by atoms with Gasteiger partial charge in [0.05, 0.1) is 11.0 Å². The van der Waals surface area contributed by atoms with Gasteiger partial charge in [0, 0.05) is 12.3 Å². The van der Waals surface area contributed by atoms with E-state index in [4.69, 9.17) is 4.74 Å². The summed E-state index contributed by atoms with van der Waals surface area (Å²) in [5.41, 5.74) is -1.77. The molecule has 2 rings (SSSR count). The van der Waals surface area contributed by atoms with Gasteiger partial charge < -0.3 is 4.74 Å². The lowest BCUT2D eigenvalue weighted by atomic mass is 10.3. The van der Waals surface area contributed by atoms with Crippen LogP contribution in [0.25, 0.3) is 0 Å². The van der Waals surface area contributed by atoms with Gasteiger partial charge in [0.25, 0.3) is 5.69 Å². The highest BCUT2D eigenvalue weighted by Crippen LogP contribution is 2.30. The Labute approximate surface area is 114 Å². The van der Waals surface area contributed by atoms with Crippen molar-refractivity contribution in [2.24, 2.45) is 0 Å². The van der Waals surface area contributed by atoms with E-state index in [0.717, 1.165) is 24.4 Å². The van der Waals surface area contributed by atoms with E-state index < -0.39 is 40.1 Å². The van der Waals surface area contributed by atoms with Gasteiger partial charge in [-0.25, -0.2) is 9.37 Å². The van der Waals surface area contributed by atoms with Gasteiger partial charge in [0.2, 0.25) is 0 Å². The smallest absolute Gasteiger partial charge is 0.421 e. The van der Waals surface area contributed by atoms with Crippen LogP contribution in [0.4, 0.5) is 23.2 Å². The minimum absolute atomic E-state index is 0.488. The Balaban J connectivity index is 2.34. The third kappa shape index (κ3) is 3.41. The first-order chi connectivity index (χ1) is 9.77. The number of hydrogen-bond donors (Lipinski definition) is 0. The van der Waals surface area contributed by atoms with Crippen LogP contribution in [0.5, 0.6) is 11.8 Å². The third-order valence-corrected chi connectivity index (χ3v) is 2.25. The number of hydrogen-bond acceptors (Lipinski definition) is 5. The maximum atomic E-state index is 13.4. The molecule has 1 aromatic heterocycles. The van der Waals surface area contributed by atoms with Crippen LogP contribution in [-0.4, -0.2) is 14.9 Å². The lowest BCUT2D eigenvalue weighted by Gasteiger charge is -2.08. The lowest BCUT2D eigenvalue weighted by Crippen LogP contribution is -2.09. The van der Waals surface area contributed by atoms with Crippen LogP contribution in [0.3, 0.4) is 0 Å². The number of benzene rings is 1. The van der Waals surface area contributed by atoms with Gasteiger partial charge in [0.1, 0.15) is 0 Å². The molecule has 0 saturated carbocycles. The molecule has 21 heavy (non-hydrogen) atoms. The Kier molecular flexibility index (Phi) is 3.70. The molecule has 0 aliphatic heterocycles. The molecule has 0 saturated heterocycles. The van der Waals surface area contributed by atoms with E-state index in [1.807, 2.05) is 0 Å². The molecule has 2 aromatic rings. The summed E-state index contributed by atoms with van der Waals surface area (Å²) < 4.78 is 55.5. The van der Waals surface area contributed by atoms with Gasteiger partial charge in [-0.1, -0.05) is 0 Å². The molecule has 0 atom stereocenters. The first kappa shape index (κ1) is 14.6. The van der Waals surface area contributed by atoms with Crippen LogP contribution < -0.4 is 4.74 Å². The predicted molar refractivity (Wildman–Crippen MR) is 60.2 cm³/mol. The summed E-state index contributed by atoms with van der Waals surface area (Å²) in [5.74, 6) is -1.65. The minimum atomic E-state index is -4.72. The number of rotatable bonds is 3. The normalized spacial score (nSPS) is 11.2. The van der Waals surface area contributed by atoms with Gasteiger partial charge >= 0.3 is 12.2 Å². The molecule has 110 valence electrons. The second-order valence-corrected chi connectivity index (χ2v) is 3.70. The lowest BCUT2D eigenvalue weighted by molar-refractivity contribution is -0.385. The number of halogens is 4. The van der Waals surface area contributed by atoms with Crippen molar-refractivity contribution in [1.82, 2.24) is 9.97 Å². The molecule has 10 heteroatoms. The Bertz CT molecular complexity index is 691. The highest BCUT2D eigenvalue weighted by Gasteiger charge is 2.33. The fraction of sp³-hybridized carbons (Fsp3) is 0.0909. The third-order valence-electron chi connectivity index (χ3n) is 2.25. The molecule has 0 aliphatic carbocycles. The van der Waals surface area contributed by atoms with Crippen LogP contribution in [0.1, 0.15) is 5.69 Å². The Morgan fingerprint density at radius 3 is 2.57 bits per heavy atom. The van der Waals surface area contributed by atoms with E-state index in [9.17, 15) is 27.7 Å². The number of ether oxygens (including phenoxy) is 1. The standard InChI is InChI=1S/C11H5F4N3O3/c12-7-2-1-6(18(19)20)5-8(7)21-10-16-4-3-9(17-10)11(13,14)15/h1-5H. The van der Waals surface area contributed by atoms with E-state index in [1.165, 1.54) is 0 Å². The second kappa shape index (κ2) is 5.31. The molecular weight excluding hydrogens is 298 g/mol. The van der Waals surface area contributed by atoms with Gasteiger partial charge in [0.15, 0.2) is 17.3 Å². The van der Waals surface area contributed by atoms with Crippen LogP contribution in [0.15, 0.2) is 30.5 Å². The zero-order chi connectivity index (χ0) is 15.6. The number of alkyl halides is 3. The van der Waals surface area contributed by atoms with Crippen molar-refractivity contribution in [3.8, 4) is 11.8 Å². The largest absolute Gasteiger partial charge is 0.433 e. The first-order valence-electron chi connectivity index (χ1n) is 5.29. The number of non-ortho nitro benzene ring substituents is 1. The summed E-state index contributed by atoms with van der Waals surface area (Å²) in [6.45, 7) is 0. The van der Waals surface area contributed by atoms with Crippen molar-refractivity contribution in [3.63, 3.8) is 0 Å². The molecule has 0 fully saturated rings. The highest BCUT2D eigenvalue weighted by molar-refractivity contribution is 5.40. The van der Waals surface area contributed by atoms with Gasteiger partial charge in [-0.3, -0.25) is 10.1 Å². The summed E-state index contributed by atoms with van der Waals surface area (Å²) in [6.07, 6.45) is -3.94. The summed E-state index contributed by atoms with van der Waals surface area (Å²) in [7, 11) is 0. The summed E-state index contributed by atoms with van der Waals surface area (Å²) in [6, 6.07) is 2.19. The van der Waals surface area contributed by atoms with Crippen molar-refractivity contribution in [2.75, 3.05) is 0 Å². The van der Waals surface area contributed by atoms with E-state index in [0.29, 0.717) is 6.07 Å². The van der Waals surface area contributed by atoms with Gasteiger partial charge in [-0.15, -0.1) is 0 Å². The average molecular weight is 303 g/mol. The topological polar surface area (TPSA) is 78.2 Å². The van der Waals surface area contributed by atoms with Crippen LogP contribution in [0, 0.1) is 15.9 Å². The summed E-state index contributed by atoms with van der Waals surface area (Å²) in [4.78, 5) is 16.2. The fourth-order valence-electron chi connectivity index (χ4n) is 1.33. The monoisotopic (exact) mass is 303 g/mol. The van der Waals surface area contributed by atoms with E-state index in [-0.39, 0.29) is 0 Å². The molecule has 0 radical (unpaired) electrons. The van der Waals surface area contributed by atoms with Crippen molar-refractivity contribution >= 4 is 5.69 Å². The van der Waals surface area contributed by atoms with Crippen LogP contribution in [-0.2, 0) is 6.18 Å². The molecule has 1 aromatic carbocycles. The van der Waals surface area contributed by atoms with Crippen LogP contribution in [0.2, 0.25) is 0 Å². The number of nitro groups is 1. The number of nitro benzene ring substituents is 1. The molecule has 6 nitrogen and oxygen atoms in total. The quantitative estimate of drug-likeness (QED) is 0.493. The molecule has 0 unspecified atom stereocenters. The maximum absolute atomic E-state index is 13.4. The zero-order valence-electron chi connectivity index (χ0n) is 9.96. The minimum Gasteiger partial charge on any atom is -0.421 e. The first-order valence-corrected chi connectivity index (χ1v) is 5.29. The summed E-state index contributed by atoms with van der Waals surface area (Å²) >= 11 is 0. The molecular formula is C11H5F4N3O3. The SMILES string of the molecule is O=[N+]([O-])c1ccc(F)c(Oc2nccc(C(F)(F)F)n2)c1. The molecule has 0 bridgehead atoms. The average Bonchev–Trinajstić information content (AvgIpc) is 2.40. The predicted octanol–water partition coefficient (Wildman–Crippen LogP) is 3.34. The molecule has 0 aliphatic rings. The van der Waals surface area contributed by atoms with E-state index in [2.05, 4.69) is 9.97 Å². The molecule has 0 spiro atoms. The Morgan fingerprint density at radius 2 is 1.95 bits per heavy atom. The Hall–Kier alpha value is -2.78. The molecule has 1 heterocycles. The number of nitrogens with zero attached hydrogens (tertiary/aromatic N) is 3. The van der Waals surface area contributed by atoms with Gasteiger partial charge in [-0.05, 0) is 12.1 Å². The maximum Gasteiger partial charge on any atom is 0.433 e. The molecule has 0 amide bonds. The highest BCUT2D eigenvalue weighted by atomic mass is 19.4. The van der Waals surface area contributed by atoms with Crippen molar-refractivity contribution in [2.45, 2.75) is 6.18 Å². The van der Waals surface area contributed by atoms with Crippen LogP contribution >= 0.6 is 0 Å². The van der Waals surface area contributed by atoms with Crippen molar-refractivity contribution < 1.29 is 27.2 Å². The van der Waals surface area contributed by atoms with E-state index >= 15 is 0 Å². The van der Waals surface area contributed by atoms with Crippen molar-refractivity contribution in [1.29, 1.82) is 0 Å². The zero-order valence-corrected chi connectivity index (χ0v) is 9.96.